The third-order valence-electron chi connectivity index (χ3n) is 4.63. The molecule has 1 N–H and O–H groups in total. The van der Waals surface area contributed by atoms with Gasteiger partial charge in [0.1, 0.15) is 5.70 Å². The summed E-state index contributed by atoms with van der Waals surface area (Å²) in [6.45, 7) is 5.68. The van der Waals surface area contributed by atoms with E-state index in [0.717, 1.165) is 22.5 Å². The lowest BCUT2D eigenvalue weighted by atomic mass is 10.0. The van der Waals surface area contributed by atoms with E-state index in [1.54, 1.807) is 0 Å². The quantitative estimate of drug-likeness (QED) is 0.824. The summed E-state index contributed by atoms with van der Waals surface area (Å²) in [6.07, 6.45) is 0. The second kappa shape index (κ2) is 7.27. The summed E-state index contributed by atoms with van der Waals surface area (Å²) >= 11 is 0. The Bertz CT molecular complexity index is 894. The fourth-order valence-electron chi connectivity index (χ4n) is 3.11. The van der Waals surface area contributed by atoms with Crippen molar-refractivity contribution >= 4 is 28.8 Å². The molecule has 0 aliphatic carbocycles. The molecule has 5 heteroatoms. The van der Waals surface area contributed by atoms with E-state index in [9.17, 15) is 9.59 Å². The van der Waals surface area contributed by atoms with E-state index >= 15 is 0 Å². The Morgan fingerprint density at radius 2 is 1.48 bits per heavy atom. The molecule has 0 fully saturated rings. The maximum Gasteiger partial charge on any atom is 0.278 e. The summed E-state index contributed by atoms with van der Waals surface area (Å²) in [5.41, 5.74) is 4.43. The Kier molecular flexibility index (Phi) is 5.04. The van der Waals surface area contributed by atoms with Crippen LogP contribution in [0.25, 0.3) is 5.57 Å². The van der Waals surface area contributed by atoms with Crippen LogP contribution in [0.15, 0.2) is 54.2 Å². The first-order chi connectivity index (χ1) is 12.8. The zero-order valence-corrected chi connectivity index (χ0v) is 16.4. The molecule has 140 valence electrons. The minimum Gasteiger partial charge on any atom is -0.378 e. The van der Waals surface area contributed by atoms with Crippen LogP contribution in [0.2, 0.25) is 0 Å². The van der Waals surface area contributed by atoms with Gasteiger partial charge >= 0.3 is 0 Å². The lowest BCUT2D eigenvalue weighted by Crippen LogP contribution is -2.38. The van der Waals surface area contributed by atoms with Crippen LogP contribution < -0.4 is 10.2 Å². The summed E-state index contributed by atoms with van der Waals surface area (Å²) in [4.78, 5) is 29.3. The molecule has 0 bridgehead atoms. The standard InChI is InChI=1S/C22H25N3O2/c1-14(2)25-21(26)19(16-8-6-15(3)7-9-16)20(22(25)27)23-17-10-12-18(13-11-17)24(4)5/h6-14,23H,1-5H3. The summed E-state index contributed by atoms with van der Waals surface area (Å²) in [5, 5.41) is 3.18. The number of imide groups is 1. The molecule has 2 amide bonds. The first kappa shape index (κ1) is 18.7. The third-order valence-corrected chi connectivity index (χ3v) is 4.63. The Labute approximate surface area is 160 Å². The van der Waals surface area contributed by atoms with Crippen molar-refractivity contribution in [2.45, 2.75) is 26.8 Å². The first-order valence-electron chi connectivity index (χ1n) is 9.03. The summed E-state index contributed by atoms with van der Waals surface area (Å²) in [6, 6.07) is 15.2. The monoisotopic (exact) mass is 363 g/mol. The van der Waals surface area contributed by atoms with Crippen molar-refractivity contribution in [1.82, 2.24) is 4.90 Å². The minimum atomic E-state index is -0.290. The Morgan fingerprint density at radius 1 is 0.889 bits per heavy atom. The van der Waals surface area contributed by atoms with Gasteiger partial charge in [0.05, 0.1) is 5.57 Å². The van der Waals surface area contributed by atoms with Gasteiger partial charge < -0.3 is 10.2 Å². The zero-order chi connectivity index (χ0) is 19.7. The van der Waals surface area contributed by atoms with Crippen LogP contribution in [0.5, 0.6) is 0 Å². The van der Waals surface area contributed by atoms with E-state index in [2.05, 4.69) is 5.32 Å². The molecule has 2 aromatic rings. The topological polar surface area (TPSA) is 52.7 Å². The molecule has 1 heterocycles. The first-order valence-corrected chi connectivity index (χ1v) is 9.03. The van der Waals surface area contributed by atoms with Crippen LogP contribution in [0, 0.1) is 6.92 Å². The highest BCUT2D eigenvalue weighted by Crippen LogP contribution is 2.32. The number of amides is 2. The highest BCUT2D eigenvalue weighted by atomic mass is 16.2. The number of nitrogens with zero attached hydrogens (tertiary/aromatic N) is 2. The van der Waals surface area contributed by atoms with E-state index < -0.39 is 0 Å². The highest BCUT2D eigenvalue weighted by Gasteiger charge is 2.40. The average Bonchev–Trinajstić information content (AvgIpc) is 2.86. The Morgan fingerprint density at radius 3 is 2.00 bits per heavy atom. The van der Waals surface area contributed by atoms with Crippen LogP contribution >= 0.6 is 0 Å². The summed E-state index contributed by atoms with van der Waals surface area (Å²) in [5.74, 6) is -0.548. The molecule has 0 aromatic heterocycles. The van der Waals surface area contributed by atoms with Crippen LogP contribution in [-0.2, 0) is 9.59 Å². The fraction of sp³-hybridized carbons (Fsp3) is 0.273. The lowest BCUT2D eigenvalue weighted by Gasteiger charge is -2.19. The molecule has 1 aliphatic rings. The molecule has 0 saturated heterocycles. The zero-order valence-electron chi connectivity index (χ0n) is 16.4. The van der Waals surface area contributed by atoms with Gasteiger partial charge in [0.15, 0.2) is 0 Å². The predicted octanol–water partition coefficient (Wildman–Crippen LogP) is 3.66. The number of anilines is 2. The molecule has 1 aliphatic heterocycles. The van der Waals surface area contributed by atoms with Crippen molar-refractivity contribution in [3.8, 4) is 0 Å². The van der Waals surface area contributed by atoms with Crippen molar-refractivity contribution in [3.63, 3.8) is 0 Å². The molecule has 0 radical (unpaired) electrons. The second-order valence-corrected chi connectivity index (χ2v) is 7.26. The van der Waals surface area contributed by atoms with Crippen molar-refractivity contribution in [3.05, 3.63) is 65.4 Å². The molecule has 0 saturated carbocycles. The molecule has 2 aromatic carbocycles. The van der Waals surface area contributed by atoms with Crippen LogP contribution in [-0.4, -0.2) is 36.9 Å². The Hall–Kier alpha value is -3.08. The number of benzene rings is 2. The van der Waals surface area contributed by atoms with E-state index in [1.807, 2.05) is 88.3 Å². The van der Waals surface area contributed by atoms with E-state index in [0.29, 0.717) is 11.3 Å². The van der Waals surface area contributed by atoms with Crippen LogP contribution in [0.4, 0.5) is 11.4 Å². The summed E-state index contributed by atoms with van der Waals surface area (Å²) in [7, 11) is 3.94. The molecule has 0 spiro atoms. The summed E-state index contributed by atoms with van der Waals surface area (Å²) < 4.78 is 0. The molecule has 0 atom stereocenters. The molecule has 27 heavy (non-hydrogen) atoms. The number of rotatable bonds is 5. The van der Waals surface area contributed by atoms with Gasteiger partial charge in [0.25, 0.3) is 11.8 Å². The van der Waals surface area contributed by atoms with Gasteiger partial charge in [-0.25, -0.2) is 0 Å². The van der Waals surface area contributed by atoms with Gasteiger partial charge in [0.2, 0.25) is 0 Å². The number of hydrogen-bond donors (Lipinski definition) is 1. The SMILES string of the molecule is Cc1ccc(C2=C(Nc3ccc(N(C)C)cc3)C(=O)N(C(C)C)C2=O)cc1. The van der Waals surface area contributed by atoms with Crippen molar-refractivity contribution in [1.29, 1.82) is 0 Å². The van der Waals surface area contributed by atoms with Gasteiger partial charge in [-0.3, -0.25) is 14.5 Å². The molecule has 3 rings (SSSR count). The van der Waals surface area contributed by atoms with Gasteiger partial charge in [-0.2, -0.15) is 0 Å². The fourth-order valence-corrected chi connectivity index (χ4v) is 3.11. The second-order valence-electron chi connectivity index (χ2n) is 7.26. The minimum absolute atomic E-state index is 0.208. The number of aryl methyl sites for hydroxylation is 1. The normalized spacial score (nSPS) is 14.4. The van der Waals surface area contributed by atoms with Crippen molar-refractivity contribution in [2.24, 2.45) is 0 Å². The molecule has 0 unspecified atom stereocenters. The van der Waals surface area contributed by atoms with Gasteiger partial charge in [-0.15, -0.1) is 0 Å². The number of carbonyl (C=O) groups excluding carboxylic acids is 2. The average molecular weight is 363 g/mol. The van der Waals surface area contributed by atoms with Crippen molar-refractivity contribution in [2.75, 3.05) is 24.3 Å². The number of carbonyl (C=O) groups is 2. The largest absolute Gasteiger partial charge is 0.378 e. The number of nitrogens with one attached hydrogen (secondary N) is 1. The molecular formula is C22H25N3O2. The van der Waals surface area contributed by atoms with Crippen LogP contribution in [0.3, 0.4) is 0 Å². The molecular weight excluding hydrogens is 338 g/mol. The maximum absolute atomic E-state index is 13.0. The Balaban J connectivity index is 2.04. The van der Waals surface area contributed by atoms with Crippen LogP contribution in [0.1, 0.15) is 25.0 Å². The van der Waals surface area contributed by atoms with Gasteiger partial charge in [-0.1, -0.05) is 29.8 Å². The van der Waals surface area contributed by atoms with Gasteiger partial charge in [-0.05, 0) is 50.6 Å². The number of hydrogen-bond acceptors (Lipinski definition) is 4. The maximum atomic E-state index is 13.0. The highest BCUT2D eigenvalue weighted by molar-refractivity contribution is 6.36. The van der Waals surface area contributed by atoms with E-state index in [1.165, 1.54) is 4.90 Å². The molecule has 5 nitrogen and oxygen atoms in total. The van der Waals surface area contributed by atoms with E-state index in [-0.39, 0.29) is 17.9 Å². The van der Waals surface area contributed by atoms with Gasteiger partial charge in [0, 0.05) is 31.5 Å². The predicted molar refractivity (Wildman–Crippen MR) is 109 cm³/mol. The van der Waals surface area contributed by atoms with Crippen molar-refractivity contribution < 1.29 is 9.59 Å². The lowest BCUT2D eigenvalue weighted by molar-refractivity contribution is -0.138. The van der Waals surface area contributed by atoms with E-state index in [4.69, 9.17) is 0 Å². The smallest absolute Gasteiger partial charge is 0.278 e. The third kappa shape index (κ3) is 3.58.